The molecule has 2 aromatic carbocycles. The van der Waals surface area contributed by atoms with Crippen molar-refractivity contribution in [3.63, 3.8) is 0 Å². The number of benzene rings is 2. The van der Waals surface area contributed by atoms with Gasteiger partial charge in [0.15, 0.2) is 0 Å². The third kappa shape index (κ3) is 2.60. The van der Waals surface area contributed by atoms with Gasteiger partial charge in [-0.05, 0) is 28.7 Å². The average molecular weight is 264 g/mol. The van der Waals surface area contributed by atoms with E-state index in [4.69, 9.17) is 0 Å². The van der Waals surface area contributed by atoms with Crippen LogP contribution in [0.5, 0.6) is 0 Å². The Kier molecular flexibility index (Phi) is 3.82. The van der Waals surface area contributed by atoms with Crippen molar-refractivity contribution in [2.45, 2.75) is 19.8 Å². The normalized spacial score (nSPS) is 13.9. The van der Waals surface area contributed by atoms with E-state index in [0.717, 1.165) is 31.8 Å². The molecule has 0 saturated heterocycles. The highest BCUT2D eigenvalue weighted by atomic mass is 15.1. The van der Waals surface area contributed by atoms with E-state index in [0.29, 0.717) is 0 Å². The van der Waals surface area contributed by atoms with Gasteiger partial charge in [-0.1, -0.05) is 55.5 Å². The number of nitrogens with one attached hydrogen (secondary N) is 1. The van der Waals surface area contributed by atoms with Crippen LogP contribution in [0.1, 0.15) is 18.1 Å². The minimum absolute atomic E-state index is 0.907. The molecule has 102 valence electrons. The molecule has 3 rings (SSSR count). The molecule has 0 spiro atoms. The van der Waals surface area contributed by atoms with E-state index in [9.17, 15) is 0 Å². The van der Waals surface area contributed by atoms with Crippen LogP contribution < -0.4 is 5.32 Å². The number of hydrogen-bond acceptors (Lipinski definition) is 2. The third-order valence-corrected chi connectivity index (χ3v) is 3.83. The van der Waals surface area contributed by atoms with Crippen molar-refractivity contribution in [3.05, 3.63) is 59.7 Å². The summed E-state index contributed by atoms with van der Waals surface area (Å²) in [4.78, 5) is 4.55. The third-order valence-electron chi connectivity index (χ3n) is 3.83. The Labute approximate surface area is 120 Å². The van der Waals surface area contributed by atoms with E-state index in [1.165, 1.54) is 22.3 Å². The summed E-state index contributed by atoms with van der Waals surface area (Å²) in [6.07, 6.45) is 1.97. The first-order valence-corrected chi connectivity index (χ1v) is 7.32. The zero-order valence-electron chi connectivity index (χ0n) is 11.9. The Morgan fingerprint density at radius 1 is 1.05 bits per heavy atom. The van der Waals surface area contributed by atoms with Gasteiger partial charge in [0.05, 0.1) is 6.54 Å². The van der Waals surface area contributed by atoms with Gasteiger partial charge in [-0.2, -0.15) is 0 Å². The van der Waals surface area contributed by atoms with Gasteiger partial charge < -0.3 is 5.32 Å². The zero-order chi connectivity index (χ0) is 13.8. The molecule has 0 bridgehead atoms. The molecule has 1 N–H and O–H groups in total. The van der Waals surface area contributed by atoms with Crippen LogP contribution in [0.3, 0.4) is 0 Å². The van der Waals surface area contributed by atoms with Crippen molar-refractivity contribution in [1.82, 2.24) is 5.32 Å². The van der Waals surface area contributed by atoms with Gasteiger partial charge in [0.25, 0.3) is 0 Å². The maximum atomic E-state index is 4.55. The molecule has 0 amide bonds. The molecule has 20 heavy (non-hydrogen) atoms. The fourth-order valence-corrected chi connectivity index (χ4v) is 2.80. The van der Waals surface area contributed by atoms with E-state index in [1.807, 2.05) is 0 Å². The Morgan fingerprint density at radius 2 is 1.90 bits per heavy atom. The van der Waals surface area contributed by atoms with Gasteiger partial charge in [-0.3, -0.25) is 4.99 Å². The lowest BCUT2D eigenvalue weighted by Gasteiger charge is -2.14. The van der Waals surface area contributed by atoms with Gasteiger partial charge in [-0.25, -0.2) is 0 Å². The van der Waals surface area contributed by atoms with Gasteiger partial charge in [-0.15, -0.1) is 0 Å². The van der Waals surface area contributed by atoms with E-state index in [-0.39, 0.29) is 0 Å². The monoisotopic (exact) mass is 264 g/mol. The molecule has 0 atom stereocenters. The highest BCUT2D eigenvalue weighted by molar-refractivity contribution is 5.88. The lowest BCUT2D eigenvalue weighted by Crippen LogP contribution is -2.21. The van der Waals surface area contributed by atoms with E-state index >= 15 is 0 Å². The largest absolute Gasteiger partial charge is 0.372 e. The Hall–Kier alpha value is -2.09. The van der Waals surface area contributed by atoms with Crippen LogP contribution in [0.2, 0.25) is 0 Å². The standard InChI is InChI=1S/C18H20N2/c1-2-14-9-6-10-16(15-7-4-3-5-8-15)17(14)13-18-19-11-12-20-18/h3-10H,2,11-13H2,1H3,(H,19,20). The van der Waals surface area contributed by atoms with Crippen LogP contribution in [0.15, 0.2) is 53.5 Å². The van der Waals surface area contributed by atoms with Crippen molar-refractivity contribution >= 4 is 5.84 Å². The average Bonchev–Trinajstić information content (AvgIpc) is 3.01. The molecule has 1 aliphatic rings. The summed E-state index contributed by atoms with van der Waals surface area (Å²) in [6.45, 7) is 4.10. The van der Waals surface area contributed by atoms with E-state index in [1.54, 1.807) is 0 Å². The molecule has 0 unspecified atom stereocenters. The number of nitrogens with zero attached hydrogens (tertiary/aromatic N) is 1. The summed E-state index contributed by atoms with van der Waals surface area (Å²) in [7, 11) is 0. The van der Waals surface area contributed by atoms with Crippen LogP contribution in [-0.4, -0.2) is 18.9 Å². The Balaban J connectivity index is 2.04. The van der Waals surface area contributed by atoms with Crippen LogP contribution in [0.4, 0.5) is 0 Å². The van der Waals surface area contributed by atoms with Gasteiger partial charge in [0.1, 0.15) is 5.84 Å². The van der Waals surface area contributed by atoms with Gasteiger partial charge >= 0.3 is 0 Å². The van der Waals surface area contributed by atoms with E-state index < -0.39 is 0 Å². The predicted octanol–water partition coefficient (Wildman–Crippen LogP) is 3.46. The number of aryl methyl sites for hydroxylation is 1. The maximum absolute atomic E-state index is 4.55. The number of rotatable bonds is 4. The second-order valence-electron chi connectivity index (χ2n) is 5.09. The highest BCUT2D eigenvalue weighted by Gasteiger charge is 2.13. The van der Waals surface area contributed by atoms with Crippen molar-refractivity contribution in [2.75, 3.05) is 13.1 Å². The summed E-state index contributed by atoms with van der Waals surface area (Å²) >= 11 is 0. The maximum Gasteiger partial charge on any atom is 0.101 e. The van der Waals surface area contributed by atoms with Crippen LogP contribution in [0.25, 0.3) is 11.1 Å². The second-order valence-corrected chi connectivity index (χ2v) is 5.09. The molecule has 2 aromatic rings. The first kappa shape index (κ1) is 12.9. The molecule has 1 heterocycles. The Morgan fingerprint density at radius 3 is 2.60 bits per heavy atom. The number of aliphatic imine (C=N–C) groups is 1. The molecule has 2 nitrogen and oxygen atoms in total. The number of hydrogen-bond donors (Lipinski definition) is 1. The molecule has 0 aliphatic carbocycles. The lowest BCUT2D eigenvalue weighted by atomic mass is 9.92. The van der Waals surface area contributed by atoms with E-state index in [2.05, 4.69) is 65.8 Å². The van der Waals surface area contributed by atoms with Gasteiger partial charge in [0, 0.05) is 13.0 Å². The molecule has 0 saturated carbocycles. The molecule has 0 fully saturated rings. The molecular weight excluding hydrogens is 244 g/mol. The minimum Gasteiger partial charge on any atom is -0.372 e. The summed E-state index contributed by atoms with van der Waals surface area (Å²) in [5.74, 6) is 1.13. The summed E-state index contributed by atoms with van der Waals surface area (Å²) < 4.78 is 0. The molecule has 2 heteroatoms. The predicted molar refractivity (Wildman–Crippen MR) is 85.3 cm³/mol. The Bertz CT molecular complexity index is 615. The molecule has 1 aliphatic heterocycles. The highest BCUT2D eigenvalue weighted by Crippen LogP contribution is 2.27. The number of amidine groups is 1. The smallest absolute Gasteiger partial charge is 0.101 e. The van der Waals surface area contributed by atoms with Gasteiger partial charge in [0.2, 0.25) is 0 Å². The summed E-state index contributed by atoms with van der Waals surface area (Å²) in [6, 6.07) is 17.2. The second kappa shape index (κ2) is 5.91. The lowest BCUT2D eigenvalue weighted by molar-refractivity contribution is 0.951. The fraction of sp³-hybridized carbons (Fsp3) is 0.278. The topological polar surface area (TPSA) is 24.4 Å². The summed E-state index contributed by atoms with van der Waals surface area (Å²) in [5.41, 5.74) is 5.45. The quantitative estimate of drug-likeness (QED) is 0.898. The SMILES string of the molecule is CCc1cccc(-c2ccccc2)c1CC1=NCCN1. The minimum atomic E-state index is 0.907. The first-order chi connectivity index (χ1) is 9.88. The van der Waals surface area contributed by atoms with Crippen molar-refractivity contribution in [2.24, 2.45) is 4.99 Å². The van der Waals surface area contributed by atoms with Crippen molar-refractivity contribution in [3.8, 4) is 11.1 Å². The molecule has 0 aromatic heterocycles. The van der Waals surface area contributed by atoms with Crippen molar-refractivity contribution in [1.29, 1.82) is 0 Å². The molecular formula is C18H20N2. The van der Waals surface area contributed by atoms with Crippen LogP contribution in [0, 0.1) is 0 Å². The van der Waals surface area contributed by atoms with Crippen LogP contribution >= 0.6 is 0 Å². The van der Waals surface area contributed by atoms with Crippen molar-refractivity contribution < 1.29 is 0 Å². The fourth-order valence-electron chi connectivity index (χ4n) is 2.80. The molecule has 0 radical (unpaired) electrons. The summed E-state index contributed by atoms with van der Waals surface area (Å²) in [5, 5.41) is 3.39. The van der Waals surface area contributed by atoms with Crippen LogP contribution in [-0.2, 0) is 12.8 Å². The first-order valence-electron chi connectivity index (χ1n) is 7.32. The zero-order valence-corrected chi connectivity index (χ0v) is 11.9.